The van der Waals surface area contributed by atoms with E-state index in [1.165, 1.54) is 7.11 Å². The fraction of sp³-hybridized carbons (Fsp3) is 1.00. The molecule has 1 rings (SSSR count). The standard InChI is InChI=1S/C9H19NO3S/c1-13-6-8(10)7-14(11,12)9-4-2-3-5-9/h8-9H,2-7,10H2,1H3. The highest BCUT2D eigenvalue weighted by molar-refractivity contribution is 7.92. The van der Waals surface area contributed by atoms with Gasteiger partial charge >= 0.3 is 0 Å². The molecule has 5 heteroatoms. The van der Waals surface area contributed by atoms with E-state index in [1.807, 2.05) is 0 Å². The molecule has 0 amide bonds. The summed E-state index contributed by atoms with van der Waals surface area (Å²) in [4.78, 5) is 0. The van der Waals surface area contributed by atoms with Crippen molar-refractivity contribution in [1.29, 1.82) is 0 Å². The summed E-state index contributed by atoms with van der Waals surface area (Å²) in [6.45, 7) is 0.311. The first-order valence-electron chi connectivity index (χ1n) is 5.02. The van der Waals surface area contributed by atoms with Crippen molar-refractivity contribution in [1.82, 2.24) is 0 Å². The van der Waals surface area contributed by atoms with Gasteiger partial charge < -0.3 is 10.5 Å². The molecule has 0 spiro atoms. The average molecular weight is 221 g/mol. The van der Waals surface area contributed by atoms with E-state index in [-0.39, 0.29) is 17.0 Å². The molecule has 1 unspecified atom stereocenters. The first-order valence-corrected chi connectivity index (χ1v) is 6.74. The summed E-state index contributed by atoms with van der Waals surface area (Å²) >= 11 is 0. The molecule has 2 N–H and O–H groups in total. The fourth-order valence-corrected chi connectivity index (χ4v) is 3.96. The van der Waals surface area contributed by atoms with E-state index >= 15 is 0 Å². The van der Waals surface area contributed by atoms with Gasteiger partial charge in [-0.25, -0.2) is 8.42 Å². The van der Waals surface area contributed by atoms with Crippen LogP contribution in [0.4, 0.5) is 0 Å². The molecule has 1 aliphatic rings. The normalized spacial score (nSPS) is 21.3. The Morgan fingerprint density at radius 1 is 1.43 bits per heavy atom. The van der Waals surface area contributed by atoms with Gasteiger partial charge in [0, 0.05) is 13.2 Å². The van der Waals surface area contributed by atoms with Crippen molar-refractivity contribution in [2.75, 3.05) is 19.5 Å². The highest BCUT2D eigenvalue weighted by Gasteiger charge is 2.29. The van der Waals surface area contributed by atoms with Gasteiger partial charge in [-0.1, -0.05) is 12.8 Å². The quantitative estimate of drug-likeness (QED) is 0.725. The Morgan fingerprint density at radius 2 is 2.00 bits per heavy atom. The lowest BCUT2D eigenvalue weighted by atomic mass is 10.4. The van der Waals surface area contributed by atoms with Gasteiger partial charge in [-0.3, -0.25) is 0 Å². The Hall–Kier alpha value is -0.130. The summed E-state index contributed by atoms with van der Waals surface area (Å²) in [5, 5.41) is -0.148. The molecule has 0 aromatic heterocycles. The van der Waals surface area contributed by atoms with Crippen LogP contribution in [0, 0.1) is 0 Å². The van der Waals surface area contributed by atoms with Crippen LogP contribution in [0.15, 0.2) is 0 Å². The molecule has 1 fully saturated rings. The Bertz CT molecular complexity index is 257. The van der Waals surface area contributed by atoms with Crippen LogP contribution < -0.4 is 5.73 Å². The second-order valence-corrected chi connectivity index (χ2v) is 6.28. The topological polar surface area (TPSA) is 69.4 Å². The van der Waals surface area contributed by atoms with Gasteiger partial charge in [0.05, 0.1) is 17.6 Å². The number of ether oxygens (including phenoxy) is 1. The van der Waals surface area contributed by atoms with Crippen LogP contribution >= 0.6 is 0 Å². The molecular formula is C9H19NO3S. The largest absolute Gasteiger partial charge is 0.383 e. The van der Waals surface area contributed by atoms with Crippen LogP contribution in [0.3, 0.4) is 0 Å². The average Bonchev–Trinajstić information content (AvgIpc) is 2.54. The van der Waals surface area contributed by atoms with Crippen molar-refractivity contribution in [2.24, 2.45) is 5.73 Å². The maximum absolute atomic E-state index is 11.8. The highest BCUT2D eigenvalue weighted by Crippen LogP contribution is 2.25. The zero-order valence-corrected chi connectivity index (χ0v) is 9.42. The summed E-state index contributed by atoms with van der Waals surface area (Å²) < 4.78 is 28.4. The SMILES string of the molecule is COCC(N)CS(=O)(=O)C1CCCC1. The first kappa shape index (κ1) is 11.9. The highest BCUT2D eigenvalue weighted by atomic mass is 32.2. The minimum atomic E-state index is -2.99. The summed E-state index contributed by atoms with van der Waals surface area (Å²) in [5.74, 6) is 0.0610. The van der Waals surface area contributed by atoms with Gasteiger partial charge in [0.25, 0.3) is 0 Å². The monoisotopic (exact) mass is 221 g/mol. The summed E-state index contributed by atoms with van der Waals surface area (Å²) in [7, 11) is -1.46. The van der Waals surface area contributed by atoms with Crippen LogP contribution in [0.25, 0.3) is 0 Å². The van der Waals surface area contributed by atoms with E-state index < -0.39 is 9.84 Å². The summed E-state index contributed by atoms with van der Waals surface area (Å²) in [5.41, 5.74) is 5.63. The van der Waals surface area contributed by atoms with Gasteiger partial charge in [0.2, 0.25) is 0 Å². The molecule has 4 nitrogen and oxygen atoms in total. The molecule has 0 saturated heterocycles. The minimum Gasteiger partial charge on any atom is -0.383 e. The Balaban J connectivity index is 2.48. The van der Waals surface area contributed by atoms with Gasteiger partial charge in [-0.05, 0) is 12.8 Å². The fourth-order valence-electron chi connectivity index (χ4n) is 1.94. The lowest BCUT2D eigenvalue weighted by Gasteiger charge is -2.15. The van der Waals surface area contributed by atoms with Crippen molar-refractivity contribution in [2.45, 2.75) is 37.0 Å². The minimum absolute atomic E-state index is 0.0610. The molecule has 14 heavy (non-hydrogen) atoms. The Kier molecular flexibility index (Phi) is 4.34. The van der Waals surface area contributed by atoms with Crippen molar-refractivity contribution in [3.05, 3.63) is 0 Å². The maximum Gasteiger partial charge on any atom is 0.154 e. The van der Waals surface area contributed by atoms with Crippen molar-refractivity contribution < 1.29 is 13.2 Å². The molecular weight excluding hydrogens is 202 g/mol. The van der Waals surface area contributed by atoms with Gasteiger partial charge in [-0.15, -0.1) is 0 Å². The zero-order valence-electron chi connectivity index (χ0n) is 8.61. The van der Waals surface area contributed by atoms with E-state index in [2.05, 4.69) is 0 Å². The van der Waals surface area contributed by atoms with Crippen molar-refractivity contribution in [3.8, 4) is 0 Å². The molecule has 1 atom stereocenters. The molecule has 1 aliphatic carbocycles. The van der Waals surface area contributed by atoms with Gasteiger partial charge in [0.15, 0.2) is 9.84 Å². The van der Waals surface area contributed by atoms with E-state index in [0.717, 1.165) is 25.7 Å². The molecule has 84 valence electrons. The predicted molar refractivity (Wildman–Crippen MR) is 55.9 cm³/mol. The predicted octanol–water partition coefficient (Wildman–Crippen LogP) is 0.317. The molecule has 0 aromatic rings. The Morgan fingerprint density at radius 3 is 2.50 bits per heavy atom. The number of sulfone groups is 1. The number of hydrogen-bond acceptors (Lipinski definition) is 4. The maximum atomic E-state index is 11.8. The molecule has 0 aromatic carbocycles. The van der Waals surface area contributed by atoms with Gasteiger partial charge in [-0.2, -0.15) is 0 Å². The number of rotatable bonds is 5. The summed E-state index contributed by atoms with van der Waals surface area (Å²) in [6, 6.07) is -0.384. The van der Waals surface area contributed by atoms with E-state index in [0.29, 0.717) is 6.61 Å². The first-order chi connectivity index (χ1) is 6.56. The van der Waals surface area contributed by atoms with E-state index in [1.54, 1.807) is 0 Å². The summed E-state index contributed by atoms with van der Waals surface area (Å²) in [6.07, 6.45) is 3.68. The van der Waals surface area contributed by atoms with E-state index in [9.17, 15) is 8.42 Å². The van der Waals surface area contributed by atoms with Gasteiger partial charge in [0.1, 0.15) is 0 Å². The molecule has 1 saturated carbocycles. The van der Waals surface area contributed by atoms with Crippen LogP contribution in [0.5, 0.6) is 0 Å². The number of methoxy groups -OCH3 is 1. The molecule has 0 heterocycles. The second-order valence-electron chi connectivity index (χ2n) is 3.95. The van der Waals surface area contributed by atoms with E-state index in [4.69, 9.17) is 10.5 Å². The third kappa shape index (κ3) is 3.22. The van der Waals surface area contributed by atoms with Crippen LogP contribution in [0.1, 0.15) is 25.7 Å². The number of hydrogen-bond donors (Lipinski definition) is 1. The lowest BCUT2D eigenvalue weighted by molar-refractivity contribution is 0.186. The Labute approximate surface area is 85.7 Å². The zero-order chi connectivity index (χ0) is 10.6. The number of nitrogens with two attached hydrogens (primary N) is 1. The lowest BCUT2D eigenvalue weighted by Crippen LogP contribution is -2.37. The second kappa shape index (κ2) is 5.09. The van der Waals surface area contributed by atoms with Crippen molar-refractivity contribution >= 4 is 9.84 Å². The van der Waals surface area contributed by atoms with Crippen LogP contribution in [-0.2, 0) is 14.6 Å². The van der Waals surface area contributed by atoms with Crippen molar-refractivity contribution in [3.63, 3.8) is 0 Å². The smallest absolute Gasteiger partial charge is 0.154 e. The van der Waals surface area contributed by atoms with Crippen LogP contribution in [0.2, 0.25) is 0 Å². The third-order valence-electron chi connectivity index (χ3n) is 2.64. The molecule has 0 radical (unpaired) electrons. The van der Waals surface area contributed by atoms with Crippen LogP contribution in [-0.4, -0.2) is 39.2 Å². The molecule has 0 aliphatic heterocycles. The third-order valence-corrected chi connectivity index (χ3v) is 5.02. The molecule has 0 bridgehead atoms.